The van der Waals surface area contributed by atoms with Crippen molar-refractivity contribution >= 4 is 40.3 Å². The first-order valence-electron chi connectivity index (χ1n) is 5.54. The average molecular weight is 292 g/mol. The van der Waals surface area contributed by atoms with E-state index in [0.29, 0.717) is 32.7 Å². The van der Waals surface area contributed by atoms with Crippen LogP contribution in [0, 0.1) is 18.3 Å². The summed E-state index contributed by atoms with van der Waals surface area (Å²) in [7, 11) is 0. The topological polar surface area (TPSA) is 61.8 Å². The Labute approximate surface area is 121 Å². The molecule has 19 heavy (non-hydrogen) atoms. The summed E-state index contributed by atoms with van der Waals surface area (Å²) in [6.45, 7) is 1.88. The van der Waals surface area contributed by atoms with E-state index in [-0.39, 0.29) is 0 Å². The number of nitrogens with one attached hydrogen (secondary N) is 1. The molecule has 5 heteroatoms. The van der Waals surface area contributed by atoms with Gasteiger partial charge >= 0.3 is 0 Å². The molecule has 2 aromatic rings. The quantitative estimate of drug-likeness (QED) is 0.801. The molecule has 0 aliphatic carbocycles. The van der Waals surface area contributed by atoms with Gasteiger partial charge in [0.25, 0.3) is 0 Å². The molecule has 0 saturated heterocycles. The molecule has 0 aliphatic rings. The third kappa shape index (κ3) is 2.76. The van der Waals surface area contributed by atoms with Gasteiger partial charge in [0.1, 0.15) is 6.07 Å². The van der Waals surface area contributed by atoms with Crippen LogP contribution in [0.1, 0.15) is 11.1 Å². The Morgan fingerprint density at radius 2 is 1.84 bits per heavy atom. The molecule has 0 radical (unpaired) electrons. The van der Waals surface area contributed by atoms with Crippen molar-refractivity contribution in [2.45, 2.75) is 6.92 Å². The highest BCUT2D eigenvalue weighted by Gasteiger charge is 2.09. The van der Waals surface area contributed by atoms with Crippen molar-refractivity contribution in [3.63, 3.8) is 0 Å². The molecule has 0 fully saturated rings. The van der Waals surface area contributed by atoms with Crippen LogP contribution in [-0.2, 0) is 0 Å². The smallest absolute Gasteiger partial charge is 0.102 e. The van der Waals surface area contributed by atoms with Crippen molar-refractivity contribution in [1.82, 2.24) is 0 Å². The molecule has 3 nitrogen and oxygen atoms in total. The van der Waals surface area contributed by atoms with Crippen molar-refractivity contribution in [2.24, 2.45) is 0 Å². The monoisotopic (exact) mass is 291 g/mol. The summed E-state index contributed by atoms with van der Waals surface area (Å²) >= 11 is 11.8. The van der Waals surface area contributed by atoms with Crippen LogP contribution in [0.15, 0.2) is 30.3 Å². The predicted octanol–water partition coefficient (Wildman–Crippen LogP) is 4.50. The average Bonchev–Trinajstić information content (AvgIpc) is 2.36. The minimum atomic E-state index is 0.398. The summed E-state index contributed by atoms with van der Waals surface area (Å²) < 4.78 is 0. The Hall–Kier alpha value is -1.89. The van der Waals surface area contributed by atoms with Crippen LogP contribution >= 0.6 is 23.2 Å². The van der Waals surface area contributed by atoms with E-state index in [1.807, 2.05) is 25.1 Å². The normalized spacial score (nSPS) is 10.0. The van der Waals surface area contributed by atoms with Gasteiger partial charge in [-0.15, -0.1) is 0 Å². The Kier molecular flexibility index (Phi) is 3.84. The Bertz CT molecular complexity index is 675. The summed E-state index contributed by atoms with van der Waals surface area (Å²) in [6.07, 6.45) is 0. The van der Waals surface area contributed by atoms with E-state index >= 15 is 0 Å². The minimum Gasteiger partial charge on any atom is -0.397 e. The zero-order valence-electron chi connectivity index (χ0n) is 10.2. The number of nitrogens with zero attached hydrogens (tertiary/aromatic N) is 1. The van der Waals surface area contributed by atoms with Gasteiger partial charge in [0.15, 0.2) is 0 Å². The highest BCUT2D eigenvalue weighted by Crippen LogP contribution is 2.33. The molecule has 0 spiro atoms. The maximum Gasteiger partial charge on any atom is 0.102 e. The Morgan fingerprint density at radius 1 is 1.16 bits per heavy atom. The predicted molar refractivity (Wildman–Crippen MR) is 80.1 cm³/mol. The van der Waals surface area contributed by atoms with E-state index in [2.05, 4.69) is 11.4 Å². The summed E-state index contributed by atoms with van der Waals surface area (Å²) in [4.78, 5) is 0. The Morgan fingerprint density at radius 3 is 2.53 bits per heavy atom. The molecule has 2 aromatic carbocycles. The van der Waals surface area contributed by atoms with Crippen molar-refractivity contribution < 1.29 is 0 Å². The highest BCUT2D eigenvalue weighted by atomic mass is 35.5. The van der Waals surface area contributed by atoms with Crippen LogP contribution < -0.4 is 11.1 Å². The zero-order chi connectivity index (χ0) is 14.0. The molecule has 96 valence electrons. The van der Waals surface area contributed by atoms with Gasteiger partial charge in [-0.2, -0.15) is 5.26 Å². The molecule has 0 bridgehead atoms. The van der Waals surface area contributed by atoms with Crippen molar-refractivity contribution in [2.75, 3.05) is 11.1 Å². The number of nitriles is 1. The summed E-state index contributed by atoms with van der Waals surface area (Å²) in [5, 5.41) is 13.1. The van der Waals surface area contributed by atoms with E-state index < -0.39 is 0 Å². The maximum absolute atomic E-state index is 9.18. The SMILES string of the molecule is Cc1cccc(Nc2cc(Cl)c(Cl)cc2N)c1C#N. The van der Waals surface area contributed by atoms with Gasteiger partial charge in [-0.05, 0) is 30.7 Å². The molecule has 0 heterocycles. The second kappa shape index (κ2) is 5.40. The van der Waals surface area contributed by atoms with Crippen LogP contribution in [0.2, 0.25) is 10.0 Å². The lowest BCUT2D eigenvalue weighted by atomic mass is 10.1. The van der Waals surface area contributed by atoms with Crippen LogP contribution in [0.4, 0.5) is 17.1 Å². The molecule has 0 amide bonds. The van der Waals surface area contributed by atoms with Gasteiger partial charge in [0, 0.05) is 0 Å². The summed E-state index contributed by atoms with van der Waals surface area (Å²) in [6, 6.07) is 10.9. The van der Waals surface area contributed by atoms with E-state index in [4.69, 9.17) is 28.9 Å². The van der Waals surface area contributed by atoms with Gasteiger partial charge < -0.3 is 11.1 Å². The molecule has 0 aliphatic heterocycles. The summed E-state index contributed by atoms with van der Waals surface area (Å²) in [5.41, 5.74) is 9.13. The first kappa shape index (κ1) is 13.5. The van der Waals surface area contributed by atoms with Crippen LogP contribution in [0.5, 0.6) is 0 Å². The fourth-order valence-electron chi connectivity index (χ4n) is 1.74. The maximum atomic E-state index is 9.18. The lowest BCUT2D eigenvalue weighted by Crippen LogP contribution is -1.99. The van der Waals surface area contributed by atoms with E-state index in [9.17, 15) is 5.26 Å². The number of benzene rings is 2. The second-order valence-electron chi connectivity index (χ2n) is 4.09. The minimum absolute atomic E-state index is 0.398. The number of aryl methyl sites for hydroxylation is 1. The fourth-order valence-corrected chi connectivity index (χ4v) is 2.07. The van der Waals surface area contributed by atoms with Gasteiger partial charge in [0.2, 0.25) is 0 Å². The van der Waals surface area contributed by atoms with E-state index in [0.717, 1.165) is 5.56 Å². The van der Waals surface area contributed by atoms with Crippen molar-refractivity contribution in [1.29, 1.82) is 5.26 Å². The number of hydrogen-bond acceptors (Lipinski definition) is 3. The van der Waals surface area contributed by atoms with E-state index in [1.54, 1.807) is 12.1 Å². The second-order valence-corrected chi connectivity index (χ2v) is 4.90. The molecule has 0 aromatic heterocycles. The lowest BCUT2D eigenvalue weighted by Gasteiger charge is -2.13. The largest absolute Gasteiger partial charge is 0.397 e. The number of anilines is 3. The van der Waals surface area contributed by atoms with Crippen LogP contribution in [0.25, 0.3) is 0 Å². The van der Waals surface area contributed by atoms with Crippen molar-refractivity contribution in [3.05, 3.63) is 51.5 Å². The first-order valence-corrected chi connectivity index (χ1v) is 6.29. The molecule has 0 saturated carbocycles. The highest BCUT2D eigenvalue weighted by molar-refractivity contribution is 6.42. The van der Waals surface area contributed by atoms with E-state index in [1.165, 1.54) is 0 Å². The van der Waals surface area contributed by atoms with Gasteiger partial charge in [0.05, 0.1) is 32.7 Å². The zero-order valence-corrected chi connectivity index (χ0v) is 11.7. The van der Waals surface area contributed by atoms with Crippen molar-refractivity contribution in [3.8, 4) is 6.07 Å². The third-order valence-corrected chi connectivity index (χ3v) is 3.47. The number of hydrogen-bond donors (Lipinski definition) is 2. The molecular weight excluding hydrogens is 281 g/mol. The molecule has 0 atom stereocenters. The molecule has 2 rings (SSSR count). The molecular formula is C14H11Cl2N3. The van der Waals surface area contributed by atoms with Crippen LogP contribution in [0.3, 0.4) is 0 Å². The first-order chi connectivity index (χ1) is 9.02. The standard InChI is InChI=1S/C14H11Cl2N3/c1-8-3-2-4-13(9(8)7-17)19-14-6-11(16)10(15)5-12(14)18/h2-6,19H,18H2,1H3. The van der Waals surface area contributed by atoms with Gasteiger partial charge in [-0.25, -0.2) is 0 Å². The lowest BCUT2D eigenvalue weighted by molar-refractivity contribution is 1.38. The third-order valence-electron chi connectivity index (χ3n) is 2.75. The van der Waals surface area contributed by atoms with Gasteiger partial charge in [-0.3, -0.25) is 0 Å². The summed E-state index contributed by atoms with van der Waals surface area (Å²) in [5.74, 6) is 0. The Balaban J connectivity index is 2.45. The number of halogens is 2. The molecule has 0 unspecified atom stereocenters. The molecule has 3 N–H and O–H groups in total. The number of nitrogen functional groups attached to an aromatic ring is 1. The van der Waals surface area contributed by atoms with Crippen LogP contribution in [-0.4, -0.2) is 0 Å². The number of nitrogens with two attached hydrogens (primary N) is 1. The number of rotatable bonds is 2. The van der Waals surface area contributed by atoms with Gasteiger partial charge in [-0.1, -0.05) is 35.3 Å². The fraction of sp³-hybridized carbons (Fsp3) is 0.0714.